The summed E-state index contributed by atoms with van der Waals surface area (Å²) < 4.78 is 0. The zero-order valence-corrected chi connectivity index (χ0v) is 10.2. The summed E-state index contributed by atoms with van der Waals surface area (Å²) in [5, 5.41) is 26.0. The van der Waals surface area contributed by atoms with Crippen molar-refractivity contribution in [1.82, 2.24) is 0 Å². The van der Waals surface area contributed by atoms with Crippen molar-refractivity contribution >= 4 is 23.4 Å². The smallest absolute Gasteiger partial charge is 0.337 e. The van der Waals surface area contributed by atoms with Gasteiger partial charge in [0.1, 0.15) is 5.38 Å². The number of Topliss-reactive ketones (excluding diaryl/α,β-unsaturated/α-hetero) is 1. The van der Waals surface area contributed by atoms with Crippen molar-refractivity contribution in [2.24, 2.45) is 0 Å². The molecule has 0 saturated carbocycles. The molecule has 0 radical (unpaired) electrons. The van der Waals surface area contributed by atoms with Crippen LogP contribution in [0.25, 0.3) is 0 Å². The number of benzene rings is 1. The van der Waals surface area contributed by atoms with Gasteiger partial charge in [0.25, 0.3) is 0 Å². The molecule has 1 aromatic rings. The Morgan fingerprint density at radius 3 is 2.50 bits per heavy atom. The van der Waals surface area contributed by atoms with Gasteiger partial charge in [0, 0.05) is 0 Å². The Bertz CT molecular complexity index is 535. The summed E-state index contributed by atoms with van der Waals surface area (Å²) in [6.45, 7) is 1.29. The number of aliphatic hydroxyl groups is 1. The summed E-state index contributed by atoms with van der Waals surface area (Å²) in [5.41, 5.74) is 0.436. The molecule has 6 heteroatoms. The Labute approximate surface area is 108 Å². The SMILES string of the molecule is CC(=O)C(Cl)c1ccc(C(O)C(=O)O)cc1C#N. The highest BCUT2D eigenvalue weighted by molar-refractivity contribution is 6.31. The normalized spacial score (nSPS) is 13.4. The van der Waals surface area contributed by atoms with E-state index < -0.39 is 17.5 Å². The topological polar surface area (TPSA) is 98.4 Å². The fourth-order valence-electron chi connectivity index (χ4n) is 1.42. The molecule has 0 aliphatic rings. The molecular weight excluding hydrogens is 258 g/mol. The lowest BCUT2D eigenvalue weighted by atomic mass is 9.98. The molecule has 1 rings (SSSR count). The van der Waals surface area contributed by atoms with Gasteiger partial charge in [-0.15, -0.1) is 11.6 Å². The van der Waals surface area contributed by atoms with Crippen molar-refractivity contribution in [3.05, 3.63) is 34.9 Å². The molecule has 2 atom stereocenters. The zero-order chi connectivity index (χ0) is 13.9. The van der Waals surface area contributed by atoms with Gasteiger partial charge < -0.3 is 10.2 Å². The molecule has 2 N–H and O–H groups in total. The Balaban J connectivity index is 3.25. The van der Waals surface area contributed by atoms with Crippen LogP contribution in [0, 0.1) is 11.3 Å². The first-order valence-corrected chi connectivity index (χ1v) is 5.41. The van der Waals surface area contributed by atoms with E-state index >= 15 is 0 Å². The number of ketones is 1. The highest BCUT2D eigenvalue weighted by Gasteiger charge is 2.21. The molecule has 0 heterocycles. The van der Waals surface area contributed by atoms with Crippen molar-refractivity contribution in [3.63, 3.8) is 0 Å². The van der Waals surface area contributed by atoms with E-state index in [1.807, 2.05) is 6.07 Å². The largest absolute Gasteiger partial charge is 0.479 e. The van der Waals surface area contributed by atoms with E-state index in [0.717, 1.165) is 0 Å². The lowest BCUT2D eigenvalue weighted by molar-refractivity contribution is -0.147. The maximum Gasteiger partial charge on any atom is 0.337 e. The minimum atomic E-state index is -1.71. The van der Waals surface area contributed by atoms with Gasteiger partial charge in [0.05, 0.1) is 11.6 Å². The molecule has 0 spiro atoms. The van der Waals surface area contributed by atoms with Gasteiger partial charge in [0.15, 0.2) is 11.9 Å². The molecule has 0 amide bonds. The van der Waals surface area contributed by atoms with E-state index in [4.69, 9.17) is 22.0 Å². The van der Waals surface area contributed by atoms with Crippen LogP contribution in [0.15, 0.2) is 18.2 Å². The quantitative estimate of drug-likeness (QED) is 0.807. The Kier molecular flexibility index (Phi) is 4.43. The van der Waals surface area contributed by atoms with E-state index in [0.29, 0.717) is 5.56 Å². The van der Waals surface area contributed by atoms with E-state index in [1.54, 1.807) is 0 Å². The number of aliphatic hydroxyl groups excluding tert-OH is 1. The van der Waals surface area contributed by atoms with Crippen LogP contribution in [-0.2, 0) is 9.59 Å². The van der Waals surface area contributed by atoms with Gasteiger partial charge in [-0.3, -0.25) is 4.79 Å². The number of hydrogen-bond acceptors (Lipinski definition) is 4. The number of aliphatic carboxylic acids is 1. The number of carboxylic acids is 1. The summed E-state index contributed by atoms with van der Waals surface area (Å²) in [4.78, 5) is 21.8. The van der Waals surface area contributed by atoms with Crippen LogP contribution in [0.2, 0.25) is 0 Å². The molecule has 94 valence electrons. The van der Waals surface area contributed by atoms with Crippen LogP contribution in [0.5, 0.6) is 0 Å². The van der Waals surface area contributed by atoms with Crippen LogP contribution < -0.4 is 0 Å². The van der Waals surface area contributed by atoms with E-state index in [9.17, 15) is 14.7 Å². The summed E-state index contributed by atoms with van der Waals surface area (Å²) in [7, 11) is 0. The first kappa shape index (κ1) is 14.2. The molecular formula is C12H10ClNO4. The maximum atomic E-state index is 11.2. The minimum absolute atomic E-state index is 0.0650. The number of nitrogens with zero attached hydrogens (tertiary/aromatic N) is 1. The maximum absolute atomic E-state index is 11.2. The van der Waals surface area contributed by atoms with Crippen molar-refractivity contribution < 1.29 is 19.8 Å². The van der Waals surface area contributed by atoms with Crippen molar-refractivity contribution in [1.29, 1.82) is 5.26 Å². The molecule has 0 aliphatic carbocycles. The summed E-state index contributed by atoms with van der Waals surface area (Å²) in [6.07, 6.45) is -1.71. The average Bonchev–Trinajstić information content (AvgIpc) is 2.35. The fraction of sp³-hybridized carbons (Fsp3) is 0.250. The summed E-state index contributed by atoms with van der Waals surface area (Å²) in [5.74, 6) is -1.74. The lowest BCUT2D eigenvalue weighted by Crippen LogP contribution is -2.11. The van der Waals surface area contributed by atoms with Crippen LogP contribution in [0.1, 0.15) is 35.1 Å². The van der Waals surface area contributed by atoms with E-state index in [1.165, 1.54) is 25.1 Å². The van der Waals surface area contributed by atoms with Gasteiger partial charge in [-0.25, -0.2) is 4.79 Å². The lowest BCUT2D eigenvalue weighted by Gasteiger charge is -2.11. The number of alkyl halides is 1. The third kappa shape index (κ3) is 2.86. The molecule has 0 saturated heterocycles. The number of halogens is 1. The molecule has 0 bridgehead atoms. The first-order chi connectivity index (χ1) is 8.38. The third-order valence-corrected chi connectivity index (χ3v) is 2.92. The molecule has 0 fully saturated rings. The van der Waals surface area contributed by atoms with Crippen molar-refractivity contribution in [2.75, 3.05) is 0 Å². The van der Waals surface area contributed by atoms with E-state index in [-0.39, 0.29) is 16.9 Å². The van der Waals surface area contributed by atoms with Crippen LogP contribution in [0.4, 0.5) is 0 Å². The fourth-order valence-corrected chi connectivity index (χ4v) is 1.61. The molecule has 0 aliphatic heterocycles. The highest BCUT2D eigenvalue weighted by Crippen LogP contribution is 2.27. The van der Waals surface area contributed by atoms with Gasteiger partial charge >= 0.3 is 5.97 Å². The van der Waals surface area contributed by atoms with Crippen LogP contribution >= 0.6 is 11.6 Å². The number of carbonyl (C=O) groups excluding carboxylic acids is 1. The van der Waals surface area contributed by atoms with Crippen LogP contribution in [0.3, 0.4) is 0 Å². The van der Waals surface area contributed by atoms with Gasteiger partial charge in [-0.2, -0.15) is 5.26 Å². The summed E-state index contributed by atoms with van der Waals surface area (Å²) >= 11 is 5.84. The second-order valence-corrected chi connectivity index (χ2v) is 4.11. The predicted molar refractivity (Wildman–Crippen MR) is 63.0 cm³/mol. The monoisotopic (exact) mass is 267 g/mol. The van der Waals surface area contributed by atoms with Gasteiger partial charge in [0.2, 0.25) is 0 Å². The second kappa shape index (κ2) is 5.63. The Hall–Kier alpha value is -1.90. The Morgan fingerprint density at radius 2 is 2.06 bits per heavy atom. The highest BCUT2D eigenvalue weighted by atomic mass is 35.5. The summed E-state index contributed by atoms with van der Waals surface area (Å²) in [6, 6.07) is 5.74. The number of carbonyl (C=O) groups is 2. The average molecular weight is 268 g/mol. The van der Waals surface area contributed by atoms with Gasteiger partial charge in [-0.1, -0.05) is 12.1 Å². The van der Waals surface area contributed by atoms with Crippen molar-refractivity contribution in [3.8, 4) is 6.07 Å². The second-order valence-electron chi connectivity index (χ2n) is 3.67. The van der Waals surface area contributed by atoms with E-state index in [2.05, 4.69) is 0 Å². The number of carboxylic acid groups (broad SMARTS) is 1. The van der Waals surface area contributed by atoms with Crippen LogP contribution in [-0.4, -0.2) is 22.0 Å². The molecule has 18 heavy (non-hydrogen) atoms. The minimum Gasteiger partial charge on any atom is -0.479 e. The number of rotatable bonds is 4. The van der Waals surface area contributed by atoms with Crippen molar-refractivity contribution in [2.45, 2.75) is 18.4 Å². The molecule has 5 nitrogen and oxygen atoms in total. The standard InChI is InChI=1S/C12H10ClNO4/c1-6(15)10(13)9-3-2-7(4-8(9)5-14)11(16)12(17)18/h2-4,10-11,16H,1H3,(H,17,18). The first-order valence-electron chi connectivity index (χ1n) is 4.97. The number of hydrogen-bond donors (Lipinski definition) is 2. The zero-order valence-electron chi connectivity index (χ0n) is 9.42. The van der Waals surface area contributed by atoms with Gasteiger partial charge in [-0.05, 0) is 24.1 Å². The molecule has 0 aromatic heterocycles. The Morgan fingerprint density at radius 1 is 1.44 bits per heavy atom. The predicted octanol–water partition coefficient (Wildman–Crippen LogP) is 1.55. The molecule has 2 unspecified atom stereocenters. The third-order valence-electron chi connectivity index (χ3n) is 2.38. The number of nitriles is 1. The molecule has 1 aromatic carbocycles.